The highest BCUT2D eigenvalue weighted by Crippen LogP contribution is 2.38. The molecular weight excluding hydrogens is 308 g/mol. The number of fused-ring (bicyclic) bond motifs is 1. The van der Waals surface area contributed by atoms with Crippen LogP contribution in [0.1, 0.15) is 24.2 Å². The van der Waals surface area contributed by atoms with Crippen LogP contribution >= 0.6 is 0 Å². The van der Waals surface area contributed by atoms with Crippen molar-refractivity contribution < 1.29 is 24.5 Å². The molecule has 2 atom stereocenters. The molecule has 0 fully saturated rings. The normalized spacial score (nSPS) is 13.9. The van der Waals surface area contributed by atoms with Gasteiger partial charge in [-0.1, -0.05) is 6.07 Å². The van der Waals surface area contributed by atoms with Gasteiger partial charge in [-0.2, -0.15) is 0 Å². The minimum absolute atomic E-state index is 0.0670. The average molecular weight is 328 g/mol. The predicted octanol–water partition coefficient (Wildman–Crippen LogP) is 3.54. The number of hydrogen-bond donors (Lipinski definition) is 3. The van der Waals surface area contributed by atoms with E-state index in [0.717, 1.165) is 16.5 Å². The van der Waals surface area contributed by atoms with Gasteiger partial charge in [0, 0.05) is 16.5 Å². The number of furan rings is 1. The molecule has 0 aliphatic heterocycles. The smallest absolute Gasteiger partial charge is 0.161 e. The van der Waals surface area contributed by atoms with Crippen molar-refractivity contribution >= 4 is 11.0 Å². The van der Waals surface area contributed by atoms with Gasteiger partial charge in [0.05, 0.1) is 13.2 Å². The van der Waals surface area contributed by atoms with Gasteiger partial charge >= 0.3 is 0 Å². The van der Waals surface area contributed by atoms with Crippen LogP contribution in [0.4, 0.5) is 0 Å². The van der Waals surface area contributed by atoms with Crippen LogP contribution in [0.3, 0.4) is 0 Å². The Labute approximate surface area is 139 Å². The van der Waals surface area contributed by atoms with Gasteiger partial charge in [0.15, 0.2) is 11.5 Å². The largest absolute Gasteiger partial charge is 0.504 e. The van der Waals surface area contributed by atoms with Gasteiger partial charge < -0.3 is 24.5 Å². The Balaban J connectivity index is 2.12. The fraction of sp³-hybridized carbons (Fsp3) is 0.263. The molecule has 2 aromatic carbocycles. The van der Waals surface area contributed by atoms with Gasteiger partial charge in [-0.25, -0.2) is 0 Å². The Bertz CT molecular complexity index is 879. The van der Waals surface area contributed by atoms with E-state index in [-0.39, 0.29) is 5.75 Å². The van der Waals surface area contributed by atoms with Crippen LogP contribution in [-0.4, -0.2) is 28.5 Å². The summed E-state index contributed by atoms with van der Waals surface area (Å²) < 4.78 is 11.1. The molecule has 5 nitrogen and oxygen atoms in total. The number of aryl methyl sites for hydroxylation is 1. The molecule has 0 spiro atoms. The van der Waals surface area contributed by atoms with Crippen molar-refractivity contribution in [3.8, 4) is 22.8 Å². The van der Waals surface area contributed by atoms with Crippen molar-refractivity contribution in [3.05, 3.63) is 47.5 Å². The minimum Gasteiger partial charge on any atom is -0.504 e. The molecule has 0 amide bonds. The predicted molar refractivity (Wildman–Crippen MR) is 91.2 cm³/mol. The molecule has 3 rings (SSSR count). The summed E-state index contributed by atoms with van der Waals surface area (Å²) in [6.07, 6.45) is -1.79. The molecule has 5 heteroatoms. The molecule has 3 aromatic rings. The van der Waals surface area contributed by atoms with Gasteiger partial charge in [0.2, 0.25) is 0 Å². The van der Waals surface area contributed by atoms with E-state index in [4.69, 9.17) is 9.15 Å². The zero-order chi connectivity index (χ0) is 17.4. The van der Waals surface area contributed by atoms with Crippen molar-refractivity contribution in [1.29, 1.82) is 0 Å². The first-order chi connectivity index (χ1) is 11.4. The first kappa shape index (κ1) is 16.4. The summed E-state index contributed by atoms with van der Waals surface area (Å²) >= 11 is 0. The highest BCUT2D eigenvalue weighted by molar-refractivity contribution is 5.88. The maximum Gasteiger partial charge on any atom is 0.161 e. The highest BCUT2D eigenvalue weighted by atomic mass is 16.5. The summed E-state index contributed by atoms with van der Waals surface area (Å²) in [5, 5.41) is 30.2. The van der Waals surface area contributed by atoms with E-state index in [9.17, 15) is 15.3 Å². The lowest BCUT2D eigenvalue weighted by Crippen LogP contribution is -2.13. The molecule has 0 saturated heterocycles. The Morgan fingerprint density at radius 3 is 2.50 bits per heavy atom. The van der Waals surface area contributed by atoms with Crippen molar-refractivity contribution in [2.75, 3.05) is 7.11 Å². The van der Waals surface area contributed by atoms with Crippen molar-refractivity contribution in [2.45, 2.75) is 26.1 Å². The summed E-state index contributed by atoms with van der Waals surface area (Å²) in [4.78, 5) is 0. The Kier molecular flexibility index (Phi) is 4.22. The standard InChI is InChI=1S/C19H20O5/c1-10-14-8-12(18(22)11(2)20)5-7-16(14)24-19(10)13-4-6-15(21)17(9-13)23-3/h4-9,11,18,20-22H,1-3H3/t11-,18-/m1/s1. The molecule has 0 saturated carbocycles. The summed E-state index contributed by atoms with van der Waals surface area (Å²) in [5.74, 6) is 1.11. The number of phenolic OH excluding ortho intramolecular Hbond substituents is 1. The second-order valence-corrected chi connectivity index (χ2v) is 5.88. The summed E-state index contributed by atoms with van der Waals surface area (Å²) in [6, 6.07) is 10.4. The first-order valence-corrected chi connectivity index (χ1v) is 7.69. The maximum absolute atomic E-state index is 10.0. The van der Waals surface area contributed by atoms with Gasteiger partial charge in [0.25, 0.3) is 0 Å². The number of aliphatic hydroxyl groups is 2. The van der Waals surface area contributed by atoms with Crippen LogP contribution in [0.25, 0.3) is 22.3 Å². The van der Waals surface area contributed by atoms with Crippen LogP contribution < -0.4 is 4.74 Å². The molecule has 0 radical (unpaired) electrons. The van der Waals surface area contributed by atoms with Crippen LogP contribution in [-0.2, 0) is 0 Å². The molecule has 0 aliphatic rings. The van der Waals surface area contributed by atoms with E-state index in [1.807, 2.05) is 13.0 Å². The molecular formula is C19H20O5. The number of hydrogen-bond acceptors (Lipinski definition) is 5. The fourth-order valence-corrected chi connectivity index (χ4v) is 2.80. The zero-order valence-electron chi connectivity index (χ0n) is 13.8. The molecule has 126 valence electrons. The molecule has 3 N–H and O–H groups in total. The van der Waals surface area contributed by atoms with Gasteiger partial charge in [0.1, 0.15) is 17.4 Å². The Hall–Kier alpha value is -2.50. The third kappa shape index (κ3) is 2.72. The molecule has 0 unspecified atom stereocenters. The van der Waals surface area contributed by atoms with Crippen LogP contribution in [0.5, 0.6) is 11.5 Å². The molecule has 1 heterocycles. The number of aliphatic hydroxyl groups excluding tert-OH is 2. The van der Waals surface area contributed by atoms with E-state index in [1.165, 1.54) is 7.11 Å². The van der Waals surface area contributed by atoms with Gasteiger partial charge in [-0.3, -0.25) is 0 Å². The van der Waals surface area contributed by atoms with Gasteiger partial charge in [-0.15, -0.1) is 0 Å². The average Bonchev–Trinajstić information content (AvgIpc) is 2.91. The van der Waals surface area contributed by atoms with E-state index < -0.39 is 12.2 Å². The van der Waals surface area contributed by atoms with E-state index in [2.05, 4.69) is 0 Å². The highest BCUT2D eigenvalue weighted by Gasteiger charge is 2.18. The van der Waals surface area contributed by atoms with Crippen LogP contribution in [0.15, 0.2) is 40.8 Å². The van der Waals surface area contributed by atoms with Crippen molar-refractivity contribution in [1.82, 2.24) is 0 Å². The van der Waals surface area contributed by atoms with Crippen molar-refractivity contribution in [2.24, 2.45) is 0 Å². The third-order valence-corrected chi connectivity index (χ3v) is 4.20. The topological polar surface area (TPSA) is 83.1 Å². The molecule has 0 bridgehead atoms. The lowest BCUT2D eigenvalue weighted by Gasteiger charge is -2.13. The number of aromatic hydroxyl groups is 1. The number of methoxy groups -OCH3 is 1. The first-order valence-electron chi connectivity index (χ1n) is 7.69. The number of benzene rings is 2. The van der Waals surface area contributed by atoms with Crippen molar-refractivity contribution in [3.63, 3.8) is 0 Å². The Morgan fingerprint density at radius 1 is 1.08 bits per heavy atom. The second-order valence-electron chi connectivity index (χ2n) is 5.88. The summed E-state index contributed by atoms with van der Waals surface area (Å²) in [6.45, 7) is 3.48. The third-order valence-electron chi connectivity index (χ3n) is 4.20. The van der Waals surface area contributed by atoms with Crippen LogP contribution in [0.2, 0.25) is 0 Å². The van der Waals surface area contributed by atoms with Gasteiger partial charge in [-0.05, 0) is 49.7 Å². The number of rotatable bonds is 4. The van der Waals surface area contributed by atoms with Crippen LogP contribution in [0, 0.1) is 6.92 Å². The monoisotopic (exact) mass is 328 g/mol. The summed E-state index contributed by atoms with van der Waals surface area (Å²) in [5.41, 5.74) is 3.03. The number of ether oxygens (including phenoxy) is 1. The maximum atomic E-state index is 10.0. The fourth-order valence-electron chi connectivity index (χ4n) is 2.80. The van der Waals surface area contributed by atoms with E-state index >= 15 is 0 Å². The van der Waals surface area contributed by atoms with E-state index in [0.29, 0.717) is 22.7 Å². The summed E-state index contributed by atoms with van der Waals surface area (Å²) in [7, 11) is 1.49. The lowest BCUT2D eigenvalue weighted by atomic mass is 10.0. The molecule has 24 heavy (non-hydrogen) atoms. The molecule has 1 aromatic heterocycles. The quantitative estimate of drug-likeness (QED) is 0.682. The van der Waals surface area contributed by atoms with E-state index in [1.54, 1.807) is 37.3 Å². The lowest BCUT2D eigenvalue weighted by molar-refractivity contribution is 0.0306. The SMILES string of the molecule is COc1cc(-c2oc3ccc([C@H](O)[C@@H](C)O)cc3c2C)ccc1O. The second kappa shape index (κ2) is 6.19. The zero-order valence-corrected chi connectivity index (χ0v) is 13.8. The molecule has 0 aliphatic carbocycles. The number of phenols is 1. The Morgan fingerprint density at radius 2 is 1.83 bits per heavy atom. The minimum atomic E-state index is -0.944.